The number of nitrogens with one attached hydrogen (secondary N) is 1. The molecule has 2 saturated heterocycles. The van der Waals surface area contributed by atoms with Crippen LogP contribution in [0.4, 0.5) is 13.2 Å². The van der Waals surface area contributed by atoms with Crippen molar-refractivity contribution in [2.45, 2.75) is 25.1 Å². The molecule has 1 aliphatic carbocycles. The summed E-state index contributed by atoms with van der Waals surface area (Å²) in [5.41, 5.74) is -0.709. The Morgan fingerprint density at radius 2 is 1.80 bits per heavy atom. The maximum absolute atomic E-state index is 13.0. The first-order valence-corrected chi connectivity index (χ1v) is 8.80. The second kappa shape index (κ2) is 6.68. The molecule has 1 saturated carbocycles. The quantitative estimate of drug-likeness (QED) is 0.879. The second-order valence-electron chi connectivity index (χ2n) is 7.21. The van der Waals surface area contributed by atoms with Crippen LogP contribution in [-0.2, 0) is 10.9 Å². The van der Waals surface area contributed by atoms with Gasteiger partial charge in [-0.3, -0.25) is 0 Å². The van der Waals surface area contributed by atoms with Crippen LogP contribution in [-0.4, -0.2) is 39.0 Å². The highest BCUT2D eigenvalue weighted by Crippen LogP contribution is 2.40. The molecule has 25 heavy (non-hydrogen) atoms. The molecule has 4 nitrogen and oxygen atoms in total. The molecule has 2 aliphatic heterocycles. The number of alkyl halides is 3. The number of hydrogen-bond acceptors (Lipinski definition) is 4. The minimum atomic E-state index is -4.39. The SMILES string of the molecule is FC(F)(F)c1ccc(OC2[C@@H]3CNC[C@H]2COC3)c(OCC2CC2)c1. The van der Waals surface area contributed by atoms with Crippen molar-refractivity contribution in [3.8, 4) is 11.5 Å². The van der Waals surface area contributed by atoms with Crippen molar-refractivity contribution in [2.24, 2.45) is 17.8 Å². The number of hydrogen-bond donors (Lipinski definition) is 1. The van der Waals surface area contributed by atoms with Gasteiger partial charge in [-0.15, -0.1) is 0 Å². The molecule has 0 spiro atoms. The Morgan fingerprint density at radius 3 is 2.44 bits per heavy atom. The highest BCUT2D eigenvalue weighted by atomic mass is 19.4. The van der Waals surface area contributed by atoms with E-state index < -0.39 is 11.7 Å². The highest BCUT2D eigenvalue weighted by molar-refractivity contribution is 5.44. The molecule has 0 radical (unpaired) electrons. The third-order valence-electron chi connectivity index (χ3n) is 5.11. The lowest BCUT2D eigenvalue weighted by atomic mass is 9.86. The summed E-state index contributed by atoms with van der Waals surface area (Å²) < 4.78 is 56.5. The number of halogens is 3. The molecule has 3 atom stereocenters. The zero-order valence-electron chi connectivity index (χ0n) is 13.8. The van der Waals surface area contributed by atoms with Gasteiger partial charge in [-0.05, 0) is 37.0 Å². The highest BCUT2D eigenvalue weighted by Gasteiger charge is 2.40. The molecular weight excluding hydrogens is 335 g/mol. The zero-order chi connectivity index (χ0) is 17.4. The van der Waals surface area contributed by atoms with Crippen molar-refractivity contribution in [1.82, 2.24) is 5.32 Å². The summed E-state index contributed by atoms with van der Waals surface area (Å²) in [6.07, 6.45) is -2.31. The van der Waals surface area contributed by atoms with Crippen molar-refractivity contribution in [3.63, 3.8) is 0 Å². The molecule has 2 bridgehead atoms. The number of fused-ring (bicyclic) bond motifs is 2. The van der Waals surface area contributed by atoms with Crippen LogP contribution in [0.25, 0.3) is 0 Å². The van der Waals surface area contributed by atoms with Gasteiger partial charge in [-0.2, -0.15) is 13.2 Å². The summed E-state index contributed by atoms with van der Waals surface area (Å²) in [5.74, 6) is 1.45. The van der Waals surface area contributed by atoms with Crippen LogP contribution in [0, 0.1) is 17.8 Å². The van der Waals surface area contributed by atoms with E-state index in [1.807, 2.05) is 0 Å². The van der Waals surface area contributed by atoms with E-state index in [1.165, 1.54) is 6.07 Å². The van der Waals surface area contributed by atoms with E-state index in [1.54, 1.807) is 0 Å². The summed E-state index contributed by atoms with van der Waals surface area (Å²) in [5, 5.41) is 3.35. The molecule has 1 aromatic carbocycles. The summed E-state index contributed by atoms with van der Waals surface area (Å²) in [6.45, 7) is 3.24. The van der Waals surface area contributed by atoms with Crippen molar-refractivity contribution >= 4 is 0 Å². The van der Waals surface area contributed by atoms with Crippen LogP contribution in [0.1, 0.15) is 18.4 Å². The lowest BCUT2D eigenvalue weighted by Gasteiger charge is -2.42. The molecule has 138 valence electrons. The van der Waals surface area contributed by atoms with Gasteiger partial charge in [-0.1, -0.05) is 0 Å². The Labute approximate surface area is 144 Å². The Bertz CT molecular complexity index is 596. The van der Waals surface area contributed by atoms with Crippen LogP contribution in [0.2, 0.25) is 0 Å². The van der Waals surface area contributed by atoms with Gasteiger partial charge in [0.15, 0.2) is 11.5 Å². The molecule has 3 fully saturated rings. The first-order chi connectivity index (χ1) is 12.0. The lowest BCUT2D eigenvalue weighted by molar-refractivity contribution is -0.137. The third-order valence-corrected chi connectivity index (χ3v) is 5.11. The Hall–Kier alpha value is -1.47. The maximum Gasteiger partial charge on any atom is 0.416 e. The largest absolute Gasteiger partial charge is 0.489 e. The molecule has 1 unspecified atom stereocenters. The summed E-state index contributed by atoms with van der Waals surface area (Å²) in [7, 11) is 0. The van der Waals surface area contributed by atoms with Gasteiger partial charge in [0.1, 0.15) is 6.10 Å². The summed E-state index contributed by atoms with van der Waals surface area (Å²) >= 11 is 0. The van der Waals surface area contributed by atoms with Gasteiger partial charge in [-0.25, -0.2) is 0 Å². The fraction of sp³-hybridized carbons (Fsp3) is 0.667. The standard InChI is InChI=1S/C18H22F3NO3/c19-18(20,21)14-3-4-15(16(5-14)24-8-11-1-2-11)25-17-12-6-22-7-13(17)10-23-9-12/h3-5,11-13,17,22H,1-2,6-10H2/t12-,13+,17?. The molecule has 3 aliphatic rings. The lowest BCUT2D eigenvalue weighted by Crippen LogP contribution is -2.56. The Morgan fingerprint density at radius 1 is 1.08 bits per heavy atom. The van der Waals surface area contributed by atoms with E-state index in [9.17, 15) is 13.2 Å². The summed E-state index contributed by atoms with van der Waals surface area (Å²) in [4.78, 5) is 0. The molecule has 0 amide bonds. The average molecular weight is 357 g/mol. The van der Waals surface area contributed by atoms with E-state index in [0.29, 0.717) is 31.5 Å². The zero-order valence-corrected chi connectivity index (χ0v) is 13.8. The van der Waals surface area contributed by atoms with Crippen molar-refractivity contribution in [1.29, 1.82) is 0 Å². The van der Waals surface area contributed by atoms with Gasteiger partial charge >= 0.3 is 6.18 Å². The van der Waals surface area contributed by atoms with E-state index in [0.717, 1.165) is 38.1 Å². The first-order valence-electron chi connectivity index (χ1n) is 8.80. The molecule has 0 aromatic heterocycles. The topological polar surface area (TPSA) is 39.7 Å². The van der Waals surface area contributed by atoms with E-state index in [-0.39, 0.29) is 23.7 Å². The second-order valence-corrected chi connectivity index (χ2v) is 7.21. The first kappa shape index (κ1) is 17.0. The van der Waals surface area contributed by atoms with E-state index >= 15 is 0 Å². The van der Waals surface area contributed by atoms with Gasteiger partial charge in [0.2, 0.25) is 0 Å². The Balaban J connectivity index is 1.56. The van der Waals surface area contributed by atoms with Crippen molar-refractivity contribution < 1.29 is 27.4 Å². The van der Waals surface area contributed by atoms with Crippen molar-refractivity contribution in [2.75, 3.05) is 32.9 Å². The molecule has 1 N–H and O–H groups in total. The smallest absolute Gasteiger partial charge is 0.416 e. The molecule has 4 rings (SSSR count). The van der Waals surface area contributed by atoms with Crippen LogP contribution in [0.5, 0.6) is 11.5 Å². The average Bonchev–Trinajstić information content (AvgIpc) is 3.37. The number of benzene rings is 1. The Kier molecular flexibility index (Phi) is 4.54. The fourth-order valence-corrected chi connectivity index (χ4v) is 3.48. The normalized spacial score (nSPS) is 29.3. The number of ether oxygens (including phenoxy) is 3. The minimum absolute atomic E-state index is 0.0602. The fourth-order valence-electron chi connectivity index (χ4n) is 3.48. The van der Waals surface area contributed by atoms with Crippen molar-refractivity contribution in [3.05, 3.63) is 23.8 Å². The van der Waals surface area contributed by atoms with Gasteiger partial charge in [0.25, 0.3) is 0 Å². The monoisotopic (exact) mass is 357 g/mol. The maximum atomic E-state index is 13.0. The van der Waals surface area contributed by atoms with E-state index in [2.05, 4.69) is 5.32 Å². The molecule has 1 aromatic rings. The van der Waals surface area contributed by atoms with E-state index in [4.69, 9.17) is 14.2 Å². The summed E-state index contributed by atoms with van der Waals surface area (Å²) in [6, 6.07) is 3.52. The molecule has 7 heteroatoms. The van der Waals surface area contributed by atoms with Crippen LogP contribution < -0.4 is 14.8 Å². The predicted octanol–water partition coefficient (Wildman–Crippen LogP) is 3.11. The van der Waals surface area contributed by atoms with Gasteiger partial charge in [0, 0.05) is 24.9 Å². The predicted molar refractivity (Wildman–Crippen MR) is 84.7 cm³/mol. The minimum Gasteiger partial charge on any atom is -0.489 e. The van der Waals surface area contributed by atoms with Crippen LogP contribution in [0.3, 0.4) is 0 Å². The van der Waals surface area contributed by atoms with Crippen LogP contribution >= 0.6 is 0 Å². The molecule has 2 heterocycles. The van der Waals surface area contributed by atoms with Gasteiger partial charge in [0.05, 0.1) is 25.4 Å². The number of piperidine rings is 1. The third kappa shape index (κ3) is 3.87. The molecular formula is C18H22F3NO3. The number of rotatable bonds is 5. The van der Waals surface area contributed by atoms with Crippen LogP contribution in [0.15, 0.2) is 18.2 Å². The van der Waals surface area contributed by atoms with Gasteiger partial charge < -0.3 is 19.5 Å².